The van der Waals surface area contributed by atoms with Crippen molar-refractivity contribution in [2.45, 2.75) is 6.54 Å². The minimum absolute atomic E-state index is 0.233. The van der Waals surface area contributed by atoms with Gasteiger partial charge in [0.05, 0.1) is 0 Å². The molecule has 3 nitrogen and oxygen atoms in total. The SMILES string of the molecule is Fc1ccc(NCc2ccc(OCCOc3ccccc3)cc2)cc1. The van der Waals surface area contributed by atoms with Crippen molar-refractivity contribution in [2.24, 2.45) is 0 Å². The second-order valence-corrected chi connectivity index (χ2v) is 5.51. The van der Waals surface area contributed by atoms with Gasteiger partial charge in [0.15, 0.2) is 0 Å². The number of nitrogens with one attached hydrogen (secondary N) is 1. The molecule has 0 radical (unpaired) electrons. The van der Waals surface area contributed by atoms with Gasteiger partial charge >= 0.3 is 0 Å². The first-order valence-electron chi connectivity index (χ1n) is 8.19. The van der Waals surface area contributed by atoms with Gasteiger partial charge in [-0.05, 0) is 54.1 Å². The average molecular weight is 337 g/mol. The van der Waals surface area contributed by atoms with E-state index in [2.05, 4.69) is 5.32 Å². The van der Waals surface area contributed by atoms with Crippen LogP contribution in [0.1, 0.15) is 5.56 Å². The van der Waals surface area contributed by atoms with Crippen LogP contribution in [0.15, 0.2) is 78.9 Å². The van der Waals surface area contributed by atoms with Crippen molar-refractivity contribution in [3.05, 3.63) is 90.2 Å². The molecule has 0 unspecified atom stereocenters. The Labute approximate surface area is 147 Å². The Kier molecular flexibility index (Phi) is 5.88. The van der Waals surface area contributed by atoms with Crippen LogP contribution in [-0.2, 0) is 6.54 Å². The highest BCUT2D eigenvalue weighted by molar-refractivity contribution is 5.43. The number of ether oxygens (including phenoxy) is 2. The molecule has 3 rings (SSSR count). The third-order valence-corrected chi connectivity index (χ3v) is 3.63. The maximum absolute atomic E-state index is 12.9. The molecular weight excluding hydrogens is 317 g/mol. The van der Waals surface area contributed by atoms with Crippen molar-refractivity contribution in [1.82, 2.24) is 0 Å². The number of anilines is 1. The molecule has 0 aliphatic rings. The molecule has 3 aromatic carbocycles. The first kappa shape index (κ1) is 16.8. The lowest BCUT2D eigenvalue weighted by molar-refractivity contribution is 0.217. The molecule has 128 valence electrons. The van der Waals surface area contributed by atoms with Gasteiger partial charge in [-0.3, -0.25) is 0 Å². The normalized spacial score (nSPS) is 10.3. The van der Waals surface area contributed by atoms with E-state index in [4.69, 9.17) is 9.47 Å². The van der Waals surface area contributed by atoms with Gasteiger partial charge in [0.1, 0.15) is 30.5 Å². The fourth-order valence-electron chi connectivity index (χ4n) is 2.31. The highest BCUT2D eigenvalue weighted by atomic mass is 19.1. The Morgan fingerprint density at radius 1 is 0.680 bits per heavy atom. The van der Waals surface area contributed by atoms with Crippen LogP contribution in [0.3, 0.4) is 0 Å². The van der Waals surface area contributed by atoms with Crippen LogP contribution in [0, 0.1) is 5.82 Å². The van der Waals surface area contributed by atoms with Crippen LogP contribution in [0.25, 0.3) is 0 Å². The van der Waals surface area contributed by atoms with E-state index in [1.807, 2.05) is 54.6 Å². The van der Waals surface area contributed by atoms with Gasteiger partial charge in [0.25, 0.3) is 0 Å². The zero-order valence-electron chi connectivity index (χ0n) is 13.8. The topological polar surface area (TPSA) is 30.5 Å². The minimum atomic E-state index is -0.233. The molecule has 0 saturated carbocycles. The first-order chi connectivity index (χ1) is 12.3. The second kappa shape index (κ2) is 8.73. The maximum atomic E-state index is 12.9. The van der Waals surface area contributed by atoms with Gasteiger partial charge in [-0.2, -0.15) is 0 Å². The molecule has 0 spiro atoms. The monoisotopic (exact) mass is 337 g/mol. The van der Waals surface area contributed by atoms with Crippen molar-refractivity contribution in [2.75, 3.05) is 18.5 Å². The lowest BCUT2D eigenvalue weighted by Gasteiger charge is -2.10. The van der Waals surface area contributed by atoms with Crippen LogP contribution in [0.5, 0.6) is 11.5 Å². The molecule has 0 fully saturated rings. The number of para-hydroxylation sites is 1. The molecule has 0 atom stereocenters. The molecule has 3 aromatic rings. The van der Waals surface area contributed by atoms with Crippen LogP contribution < -0.4 is 14.8 Å². The predicted octanol–water partition coefficient (Wildman–Crippen LogP) is 4.90. The van der Waals surface area contributed by atoms with Crippen molar-refractivity contribution in [3.8, 4) is 11.5 Å². The van der Waals surface area contributed by atoms with Gasteiger partial charge in [-0.1, -0.05) is 30.3 Å². The summed E-state index contributed by atoms with van der Waals surface area (Å²) in [5.41, 5.74) is 2.01. The highest BCUT2D eigenvalue weighted by Gasteiger charge is 1.98. The first-order valence-corrected chi connectivity index (χ1v) is 8.19. The number of rotatable bonds is 8. The van der Waals surface area contributed by atoms with Crippen molar-refractivity contribution >= 4 is 5.69 Å². The van der Waals surface area contributed by atoms with Gasteiger partial charge in [-0.25, -0.2) is 4.39 Å². The molecule has 0 saturated heterocycles. The second-order valence-electron chi connectivity index (χ2n) is 5.51. The van der Waals surface area contributed by atoms with E-state index in [1.165, 1.54) is 12.1 Å². The summed E-state index contributed by atoms with van der Waals surface area (Å²) in [4.78, 5) is 0. The largest absolute Gasteiger partial charge is 0.490 e. The summed E-state index contributed by atoms with van der Waals surface area (Å²) in [6, 6.07) is 23.9. The van der Waals surface area contributed by atoms with E-state index >= 15 is 0 Å². The Morgan fingerprint density at radius 3 is 1.92 bits per heavy atom. The van der Waals surface area contributed by atoms with E-state index in [9.17, 15) is 4.39 Å². The van der Waals surface area contributed by atoms with Crippen molar-refractivity contribution < 1.29 is 13.9 Å². The van der Waals surface area contributed by atoms with E-state index in [1.54, 1.807) is 12.1 Å². The Balaban J connectivity index is 1.40. The smallest absolute Gasteiger partial charge is 0.123 e. The van der Waals surface area contributed by atoms with Gasteiger partial charge in [-0.15, -0.1) is 0 Å². The van der Waals surface area contributed by atoms with Crippen LogP contribution in [0.4, 0.5) is 10.1 Å². The van der Waals surface area contributed by atoms with Crippen LogP contribution in [0.2, 0.25) is 0 Å². The fourth-order valence-corrected chi connectivity index (χ4v) is 2.31. The van der Waals surface area contributed by atoms with Crippen molar-refractivity contribution in [1.29, 1.82) is 0 Å². The fraction of sp³-hybridized carbons (Fsp3) is 0.143. The number of halogens is 1. The van der Waals surface area contributed by atoms with Crippen molar-refractivity contribution in [3.63, 3.8) is 0 Å². The summed E-state index contributed by atoms with van der Waals surface area (Å²) in [5.74, 6) is 1.42. The summed E-state index contributed by atoms with van der Waals surface area (Å²) in [7, 11) is 0. The molecular formula is C21H20FNO2. The molecule has 0 aliphatic heterocycles. The van der Waals surface area contributed by atoms with Gasteiger partial charge in [0.2, 0.25) is 0 Å². The van der Waals surface area contributed by atoms with E-state index in [-0.39, 0.29) is 5.82 Å². The third-order valence-electron chi connectivity index (χ3n) is 3.63. The molecule has 0 aliphatic carbocycles. The molecule has 0 aromatic heterocycles. The third kappa shape index (κ3) is 5.53. The minimum Gasteiger partial charge on any atom is -0.490 e. The summed E-state index contributed by atoms with van der Waals surface area (Å²) in [5, 5.41) is 3.25. The van der Waals surface area contributed by atoms with Crippen LogP contribution >= 0.6 is 0 Å². The lowest BCUT2D eigenvalue weighted by Crippen LogP contribution is -2.09. The Morgan fingerprint density at radius 2 is 1.28 bits per heavy atom. The predicted molar refractivity (Wildman–Crippen MR) is 97.6 cm³/mol. The van der Waals surface area contributed by atoms with Crippen LogP contribution in [-0.4, -0.2) is 13.2 Å². The maximum Gasteiger partial charge on any atom is 0.123 e. The number of hydrogen-bond donors (Lipinski definition) is 1. The zero-order valence-corrected chi connectivity index (χ0v) is 13.8. The molecule has 4 heteroatoms. The molecule has 25 heavy (non-hydrogen) atoms. The summed E-state index contributed by atoms with van der Waals surface area (Å²) in [6.07, 6.45) is 0. The summed E-state index contributed by atoms with van der Waals surface area (Å²) < 4.78 is 24.1. The molecule has 1 N–H and O–H groups in total. The standard InChI is InChI=1S/C21H20FNO2/c22-18-8-10-19(11-9-18)23-16-17-6-12-21(13-7-17)25-15-14-24-20-4-2-1-3-5-20/h1-13,23H,14-16H2. The number of hydrogen-bond acceptors (Lipinski definition) is 3. The molecule has 0 heterocycles. The highest BCUT2D eigenvalue weighted by Crippen LogP contribution is 2.15. The Hall–Kier alpha value is -3.01. The lowest BCUT2D eigenvalue weighted by atomic mass is 10.2. The van der Waals surface area contributed by atoms with Gasteiger partial charge < -0.3 is 14.8 Å². The van der Waals surface area contributed by atoms with E-state index in [0.717, 1.165) is 22.7 Å². The number of benzene rings is 3. The zero-order chi connectivity index (χ0) is 17.3. The summed E-state index contributed by atoms with van der Waals surface area (Å²) >= 11 is 0. The van der Waals surface area contributed by atoms with Gasteiger partial charge in [0, 0.05) is 12.2 Å². The average Bonchev–Trinajstić information content (AvgIpc) is 2.67. The Bertz CT molecular complexity index is 758. The quantitative estimate of drug-likeness (QED) is 0.593. The molecule has 0 amide bonds. The molecule has 0 bridgehead atoms. The summed E-state index contributed by atoms with van der Waals surface area (Å²) in [6.45, 7) is 1.66. The van der Waals surface area contributed by atoms with E-state index in [0.29, 0.717) is 19.8 Å². The van der Waals surface area contributed by atoms with E-state index < -0.39 is 0 Å².